The smallest absolute Gasteiger partial charge is 0.250 e. The summed E-state index contributed by atoms with van der Waals surface area (Å²) in [6.07, 6.45) is 0.178. The van der Waals surface area contributed by atoms with E-state index in [1.165, 1.54) is 18.3 Å². The topological polar surface area (TPSA) is 88.4 Å². The lowest BCUT2D eigenvalue weighted by molar-refractivity contribution is -0.116. The van der Waals surface area contributed by atoms with Crippen LogP contribution in [-0.2, 0) is 16.0 Å². The molecule has 0 aliphatic carbocycles. The van der Waals surface area contributed by atoms with Crippen LogP contribution in [0.4, 0.5) is 11.6 Å². The zero-order valence-corrected chi connectivity index (χ0v) is 16.9. The van der Waals surface area contributed by atoms with Gasteiger partial charge < -0.3 is 5.32 Å². The predicted molar refractivity (Wildman–Crippen MR) is 114 cm³/mol. The van der Waals surface area contributed by atoms with E-state index in [9.17, 15) is 9.59 Å². The van der Waals surface area contributed by atoms with Crippen molar-refractivity contribution in [3.63, 3.8) is 0 Å². The van der Waals surface area contributed by atoms with Crippen LogP contribution in [0.25, 0.3) is 16.2 Å². The maximum absolute atomic E-state index is 12.4. The molecule has 2 aromatic heterocycles. The second-order valence-corrected chi connectivity index (χ2v) is 7.63. The largest absolute Gasteiger partial charge is 0.326 e. The number of hydrogen-bond acceptors (Lipinski definition) is 5. The first-order valence-electron chi connectivity index (χ1n) is 8.74. The van der Waals surface area contributed by atoms with Gasteiger partial charge in [0.15, 0.2) is 0 Å². The monoisotopic (exact) mass is 425 g/mol. The predicted octanol–water partition coefficient (Wildman–Crippen LogP) is 4.25. The molecule has 2 heterocycles. The fraction of sp³-hybridized carbons (Fsp3) is 0.100. The molecule has 29 heavy (non-hydrogen) atoms. The molecular formula is C20H16ClN5O2S. The van der Waals surface area contributed by atoms with E-state index >= 15 is 0 Å². The Balaban J connectivity index is 1.46. The van der Waals surface area contributed by atoms with Crippen molar-refractivity contribution in [2.75, 3.05) is 10.6 Å². The molecule has 2 aromatic carbocycles. The second-order valence-electron chi connectivity index (χ2n) is 6.36. The SMILES string of the molecule is CC(=O)Nc1ccc(CC(=O)Nc2nc3scc(-c4ccc(Cl)cc4)n3n2)cc1. The van der Waals surface area contributed by atoms with Crippen LogP contribution in [-0.4, -0.2) is 26.4 Å². The average molecular weight is 426 g/mol. The second kappa shape index (κ2) is 8.02. The number of anilines is 2. The summed E-state index contributed by atoms with van der Waals surface area (Å²) in [5.74, 6) is -0.102. The molecule has 4 rings (SSSR count). The highest BCUT2D eigenvalue weighted by Crippen LogP contribution is 2.27. The Bertz CT molecular complexity index is 1180. The third-order valence-corrected chi connectivity index (χ3v) is 5.18. The van der Waals surface area contributed by atoms with Crippen molar-refractivity contribution in [3.05, 3.63) is 64.5 Å². The van der Waals surface area contributed by atoms with Gasteiger partial charge in [-0.2, -0.15) is 4.98 Å². The maximum atomic E-state index is 12.4. The zero-order chi connectivity index (χ0) is 20.4. The Labute approximate surface area is 175 Å². The standard InChI is InChI=1S/C20H16ClN5O2S/c1-12(27)22-16-8-2-13(3-9-16)10-18(28)23-19-24-20-26(25-19)17(11-29-20)14-4-6-15(21)7-5-14/h2-9,11H,10H2,1H3,(H,22,27)(H,23,25,28). The van der Waals surface area contributed by atoms with Crippen molar-refractivity contribution >= 4 is 51.3 Å². The molecule has 0 radical (unpaired) electrons. The Morgan fingerprint density at radius 3 is 2.48 bits per heavy atom. The summed E-state index contributed by atoms with van der Waals surface area (Å²) in [7, 11) is 0. The number of fused-ring (bicyclic) bond motifs is 1. The van der Waals surface area contributed by atoms with E-state index < -0.39 is 0 Å². The first-order chi connectivity index (χ1) is 14.0. The Morgan fingerprint density at radius 2 is 1.79 bits per heavy atom. The van der Waals surface area contributed by atoms with Crippen molar-refractivity contribution in [1.29, 1.82) is 0 Å². The number of carbonyl (C=O) groups excluding carboxylic acids is 2. The fourth-order valence-corrected chi connectivity index (χ4v) is 3.77. The van der Waals surface area contributed by atoms with E-state index in [0.29, 0.717) is 15.7 Å². The molecule has 9 heteroatoms. The average Bonchev–Trinajstić information content (AvgIpc) is 3.24. The third-order valence-electron chi connectivity index (χ3n) is 4.11. The molecule has 0 spiro atoms. The first kappa shape index (κ1) is 19.1. The molecule has 2 N–H and O–H groups in total. The lowest BCUT2D eigenvalue weighted by Crippen LogP contribution is -2.15. The molecule has 0 saturated carbocycles. The number of thiazole rings is 1. The van der Waals surface area contributed by atoms with E-state index in [1.807, 2.05) is 29.6 Å². The first-order valence-corrected chi connectivity index (χ1v) is 10.0. The van der Waals surface area contributed by atoms with Crippen LogP contribution in [0.5, 0.6) is 0 Å². The molecule has 0 unspecified atom stereocenters. The van der Waals surface area contributed by atoms with E-state index in [0.717, 1.165) is 16.8 Å². The molecule has 7 nitrogen and oxygen atoms in total. The maximum Gasteiger partial charge on any atom is 0.250 e. The lowest BCUT2D eigenvalue weighted by atomic mass is 10.1. The Hall–Kier alpha value is -3.23. The van der Waals surface area contributed by atoms with Crippen molar-refractivity contribution < 1.29 is 9.59 Å². The summed E-state index contributed by atoms with van der Waals surface area (Å²) in [6, 6.07) is 14.6. The number of amides is 2. The van der Waals surface area contributed by atoms with E-state index in [4.69, 9.17) is 11.6 Å². The molecule has 0 fully saturated rings. The minimum atomic E-state index is -0.219. The molecule has 4 aromatic rings. The summed E-state index contributed by atoms with van der Waals surface area (Å²) in [5, 5.41) is 12.5. The van der Waals surface area contributed by atoms with Gasteiger partial charge in [0.25, 0.3) is 0 Å². The number of hydrogen-bond donors (Lipinski definition) is 2. The molecule has 2 amide bonds. The van der Waals surface area contributed by atoms with Gasteiger partial charge in [0.05, 0.1) is 12.1 Å². The molecule has 0 saturated heterocycles. The molecular weight excluding hydrogens is 410 g/mol. The summed E-state index contributed by atoms with van der Waals surface area (Å²) in [5.41, 5.74) is 3.35. The summed E-state index contributed by atoms with van der Waals surface area (Å²) in [6.45, 7) is 1.45. The van der Waals surface area contributed by atoms with Gasteiger partial charge in [0, 0.05) is 28.6 Å². The number of carbonyl (C=O) groups is 2. The number of rotatable bonds is 5. The Kier molecular flexibility index (Phi) is 5.28. The highest BCUT2D eigenvalue weighted by Gasteiger charge is 2.14. The van der Waals surface area contributed by atoms with Gasteiger partial charge in [0.1, 0.15) is 0 Å². The van der Waals surface area contributed by atoms with Gasteiger partial charge in [-0.1, -0.05) is 35.9 Å². The minimum absolute atomic E-state index is 0.140. The molecule has 146 valence electrons. The molecule has 0 bridgehead atoms. The van der Waals surface area contributed by atoms with Crippen LogP contribution in [0.3, 0.4) is 0 Å². The number of nitrogens with zero attached hydrogens (tertiary/aromatic N) is 3. The number of nitrogens with one attached hydrogen (secondary N) is 2. The van der Waals surface area contributed by atoms with Crippen LogP contribution in [0.15, 0.2) is 53.9 Å². The number of aromatic nitrogens is 3. The van der Waals surface area contributed by atoms with Gasteiger partial charge in [-0.25, -0.2) is 4.52 Å². The molecule has 0 atom stereocenters. The molecule has 0 aliphatic heterocycles. The van der Waals surface area contributed by atoms with Gasteiger partial charge in [0.2, 0.25) is 22.7 Å². The normalized spacial score (nSPS) is 10.8. The number of halogens is 1. The van der Waals surface area contributed by atoms with Crippen LogP contribution in [0, 0.1) is 0 Å². The third kappa shape index (κ3) is 4.44. The zero-order valence-electron chi connectivity index (χ0n) is 15.3. The van der Waals surface area contributed by atoms with Crippen molar-refractivity contribution in [2.24, 2.45) is 0 Å². The van der Waals surface area contributed by atoms with Crippen LogP contribution in [0.2, 0.25) is 5.02 Å². The highest BCUT2D eigenvalue weighted by molar-refractivity contribution is 7.15. The van der Waals surface area contributed by atoms with Gasteiger partial charge in [-0.05, 0) is 29.8 Å². The van der Waals surface area contributed by atoms with Crippen LogP contribution >= 0.6 is 22.9 Å². The van der Waals surface area contributed by atoms with Gasteiger partial charge >= 0.3 is 0 Å². The summed E-state index contributed by atoms with van der Waals surface area (Å²) < 4.78 is 1.70. The summed E-state index contributed by atoms with van der Waals surface area (Å²) >= 11 is 7.39. The quantitative estimate of drug-likeness (QED) is 0.500. The van der Waals surface area contributed by atoms with Crippen LogP contribution < -0.4 is 10.6 Å². The van der Waals surface area contributed by atoms with Gasteiger partial charge in [-0.3, -0.25) is 14.9 Å². The van der Waals surface area contributed by atoms with E-state index in [-0.39, 0.29) is 24.2 Å². The van der Waals surface area contributed by atoms with Crippen molar-refractivity contribution in [1.82, 2.24) is 14.6 Å². The minimum Gasteiger partial charge on any atom is -0.326 e. The van der Waals surface area contributed by atoms with Crippen molar-refractivity contribution in [2.45, 2.75) is 13.3 Å². The highest BCUT2D eigenvalue weighted by atomic mass is 35.5. The van der Waals surface area contributed by atoms with E-state index in [2.05, 4.69) is 20.7 Å². The van der Waals surface area contributed by atoms with Crippen molar-refractivity contribution in [3.8, 4) is 11.3 Å². The molecule has 0 aliphatic rings. The van der Waals surface area contributed by atoms with Gasteiger partial charge in [-0.15, -0.1) is 16.4 Å². The number of benzene rings is 2. The lowest BCUT2D eigenvalue weighted by Gasteiger charge is -2.04. The summed E-state index contributed by atoms with van der Waals surface area (Å²) in [4.78, 5) is 28.5. The Morgan fingerprint density at radius 1 is 1.07 bits per heavy atom. The fourth-order valence-electron chi connectivity index (χ4n) is 2.82. The van der Waals surface area contributed by atoms with Crippen LogP contribution in [0.1, 0.15) is 12.5 Å². The van der Waals surface area contributed by atoms with E-state index in [1.54, 1.807) is 28.8 Å².